The lowest BCUT2D eigenvalue weighted by Crippen LogP contribution is -2.57. The van der Waals surface area contributed by atoms with Gasteiger partial charge in [-0.25, -0.2) is 4.79 Å². The second-order valence-corrected chi connectivity index (χ2v) is 5.72. The van der Waals surface area contributed by atoms with Crippen molar-refractivity contribution in [2.75, 3.05) is 19.6 Å². The lowest BCUT2D eigenvalue weighted by molar-refractivity contribution is 0.0240. The van der Waals surface area contributed by atoms with Crippen molar-refractivity contribution in [3.8, 4) is 12.3 Å². The number of hydrogen-bond donors (Lipinski definition) is 2. The van der Waals surface area contributed by atoms with Gasteiger partial charge in [0.2, 0.25) is 0 Å². The van der Waals surface area contributed by atoms with Crippen LogP contribution in [-0.2, 0) is 0 Å². The zero-order valence-electron chi connectivity index (χ0n) is 11.3. The van der Waals surface area contributed by atoms with Crippen LogP contribution in [-0.4, -0.2) is 42.6 Å². The third kappa shape index (κ3) is 2.97. The van der Waals surface area contributed by atoms with Crippen LogP contribution in [0.5, 0.6) is 0 Å². The molecule has 2 N–H and O–H groups in total. The Hall–Kier alpha value is -1.21. The Morgan fingerprint density at radius 3 is 2.89 bits per heavy atom. The molecule has 3 rings (SSSR count). The summed E-state index contributed by atoms with van der Waals surface area (Å²) in [4.78, 5) is 14.0. The number of nitrogens with zero attached hydrogens (tertiary/aromatic N) is 1. The first-order valence-corrected chi connectivity index (χ1v) is 6.84. The Balaban J connectivity index is 1.79. The van der Waals surface area contributed by atoms with Gasteiger partial charge in [0.05, 0.1) is 0 Å². The van der Waals surface area contributed by atoms with E-state index in [1.807, 2.05) is 13.8 Å². The van der Waals surface area contributed by atoms with Crippen LogP contribution in [0.1, 0.15) is 26.7 Å². The van der Waals surface area contributed by atoms with Crippen LogP contribution in [0.2, 0.25) is 0 Å². The molecule has 0 spiro atoms. The van der Waals surface area contributed by atoms with Crippen LogP contribution in [0.25, 0.3) is 0 Å². The minimum atomic E-state index is -0.0684. The van der Waals surface area contributed by atoms with Gasteiger partial charge in [-0.2, -0.15) is 0 Å². The molecule has 0 radical (unpaired) electrons. The Kier molecular flexibility index (Phi) is 4.13. The largest absolute Gasteiger partial charge is 0.337 e. The predicted molar refractivity (Wildman–Crippen MR) is 72.1 cm³/mol. The quantitative estimate of drug-likeness (QED) is 0.734. The third-order valence-electron chi connectivity index (χ3n) is 4.01. The predicted octanol–water partition coefficient (Wildman–Crippen LogP) is 1.04. The standard InChI is InChI=1S/C14H23N3O/c1-4-11-9-17-6-5-12(11)7-13(17)8-15-14(18)16-10(2)3/h1,10-13H,5-9H2,2-3H3,(H2,15,16,18)/t11-,12-,13+/m0/s1. The molecule has 4 heteroatoms. The monoisotopic (exact) mass is 249 g/mol. The van der Waals surface area contributed by atoms with Crippen LogP contribution in [0, 0.1) is 24.2 Å². The van der Waals surface area contributed by atoms with E-state index in [9.17, 15) is 4.79 Å². The maximum Gasteiger partial charge on any atom is 0.315 e. The van der Waals surface area contributed by atoms with E-state index in [1.165, 1.54) is 6.42 Å². The maximum absolute atomic E-state index is 11.5. The van der Waals surface area contributed by atoms with Gasteiger partial charge < -0.3 is 10.6 Å². The van der Waals surface area contributed by atoms with Crippen molar-refractivity contribution in [1.29, 1.82) is 0 Å². The Morgan fingerprint density at radius 2 is 2.33 bits per heavy atom. The van der Waals surface area contributed by atoms with Crippen LogP contribution in [0.4, 0.5) is 4.79 Å². The Morgan fingerprint density at radius 1 is 1.56 bits per heavy atom. The van der Waals surface area contributed by atoms with Gasteiger partial charge in [-0.1, -0.05) is 0 Å². The fraction of sp³-hybridized carbons (Fsp3) is 0.786. The maximum atomic E-state index is 11.5. The van der Waals surface area contributed by atoms with E-state index < -0.39 is 0 Å². The lowest BCUT2D eigenvalue weighted by Gasteiger charge is -2.48. The Labute approximate surface area is 109 Å². The van der Waals surface area contributed by atoms with Crippen LogP contribution < -0.4 is 10.6 Å². The minimum Gasteiger partial charge on any atom is -0.337 e. The molecule has 0 aromatic carbocycles. The molecular formula is C14H23N3O. The fourth-order valence-electron chi connectivity index (χ4n) is 3.06. The molecule has 3 fully saturated rings. The van der Waals surface area contributed by atoms with E-state index in [4.69, 9.17) is 6.42 Å². The second-order valence-electron chi connectivity index (χ2n) is 5.72. The van der Waals surface area contributed by atoms with Crippen LogP contribution in [0.3, 0.4) is 0 Å². The van der Waals surface area contributed by atoms with E-state index in [-0.39, 0.29) is 12.1 Å². The summed E-state index contributed by atoms with van der Waals surface area (Å²) < 4.78 is 0. The van der Waals surface area contributed by atoms with Gasteiger partial charge in [-0.15, -0.1) is 12.3 Å². The van der Waals surface area contributed by atoms with Crippen molar-refractivity contribution >= 4 is 6.03 Å². The molecule has 1 unspecified atom stereocenters. The third-order valence-corrected chi connectivity index (χ3v) is 4.01. The van der Waals surface area contributed by atoms with Crippen molar-refractivity contribution in [2.24, 2.45) is 11.8 Å². The van der Waals surface area contributed by atoms with E-state index in [0.29, 0.717) is 17.9 Å². The molecule has 3 aliphatic heterocycles. The number of amides is 2. The number of carbonyl (C=O) groups is 1. The second kappa shape index (κ2) is 5.62. The van der Waals surface area contributed by atoms with Crippen molar-refractivity contribution in [1.82, 2.24) is 15.5 Å². The summed E-state index contributed by atoms with van der Waals surface area (Å²) in [6.07, 6.45) is 7.89. The molecule has 18 heavy (non-hydrogen) atoms. The molecule has 0 aromatic rings. The average molecular weight is 249 g/mol. The van der Waals surface area contributed by atoms with E-state index >= 15 is 0 Å². The zero-order valence-corrected chi connectivity index (χ0v) is 11.3. The van der Waals surface area contributed by atoms with Gasteiger partial charge in [-0.3, -0.25) is 4.90 Å². The zero-order chi connectivity index (χ0) is 13.1. The molecule has 2 bridgehead atoms. The highest BCUT2D eigenvalue weighted by Gasteiger charge is 2.39. The average Bonchev–Trinajstić information content (AvgIpc) is 2.36. The molecular weight excluding hydrogens is 226 g/mol. The topological polar surface area (TPSA) is 44.4 Å². The summed E-state index contributed by atoms with van der Waals surface area (Å²) >= 11 is 0. The summed E-state index contributed by atoms with van der Waals surface area (Å²) in [7, 11) is 0. The van der Waals surface area contributed by atoms with E-state index in [2.05, 4.69) is 21.5 Å². The number of rotatable bonds is 3. The van der Waals surface area contributed by atoms with Gasteiger partial charge in [-0.05, 0) is 39.2 Å². The molecule has 3 saturated heterocycles. The number of carbonyl (C=O) groups excluding carboxylic acids is 1. The van der Waals surface area contributed by atoms with E-state index in [0.717, 1.165) is 26.1 Å². The molecule has 2 amide bonds. The van der Waals surface area contributed by atoms with Gasteiger partial charge in [0.15, 0.2) is 0 Å². The summed E-state index contributed by atoms with van der Waals surface area (Å²) in [6, 6.07) is 0.575. The highest BCUT2D eigenvalue weighted by Crippen LogP contribution is 2.35. The minimum absolute atomic E-state index is 0.0684. The number of nitrogens with one attached hydrogen (secondary N) is 2. The van der Waals surface area contributed by atoms with Crippen molar-refractivity contribution < 1.29 is 4.79 Å². The summed E-state index contributed by atoms with van der Waals surface area (Å²) in [5.41, 5.74) is 0. The summed E-state index contributed by atoms with van der Waals surface area (Å²) in [5.74, 6) is 3.97. The van der Waals surface area contributed by atoms with Crippen molar-refractivity contribution in [3.63, 3.8) is 0 Å². The fourth-order valence-corrected chi connectivity index (χ4v) is 3.06. The number of hydrogen-bond acceptors (Lipinski definition) is 2. The molecule has 3 aliphatic rings. The first-order chi connectivity index (χ1) is 8.60. The molecule has 3 heterocycles. The SMILES string of the molecule is C#C[C@H]1CN2CC[C@H]1C[C@@H]2CNC(=O)NC(C)C. The normalized spacial score (nSPS) is 34.1. The van der Waals surface area contributed by atoms with Gasteiger partial charge >= 0.3 is 6.03 Å². The molecule has 4 atom stereocenters. The molecule has 0 aromatic heterocycles. The van der Waals surface area contributed by atoms with Gasteiger partial charge in [0.1, 0.15) is 0 Å². The van der Waals surface area contributed by atoms with Gasteiger partial charge in [0.25, 0.3) is 0 Å². The molecule has 0 saturated carbocycles. The summed E-state index contributed by atoms with van der Waals surface area (Å²) in [5, 5.41) is 5.80. The highest BCUT2D eigenvalue weighted by atomic mass is 16.2. The lowest BCUT2D eigenvalue weighted by atomic mass is 9.76. The smallest absolute Gasteiger partial charge is 0.315 e. The molecule has 4 nitrogen and oxygen atoms in total. The van der Waals surface area contributed by atoms with Crippen molar-refractivity contribution in [2.45, 2.75) is 38.8 Å². The van der Waals surface area contributed by atoms with Gasteiger partial charge in [0, 0.05) is 31.1 Å². The first kappa shape index (κ1) is 13.2. The molecule has 0 aliphatic carbocycles. The number of terminal acetylenes is 1. The van der Waals surface area contributed by atoms with Crippen LogP contribution >= 0.6 is 0 Å². The van der Waals surface area contributed by atoms with Crippen molar-refractivity contribution in [3.05, 3.63) is 0 Å². The molecule has 100 valence electrons. The van der Waals surface area contributed by atoms with E-state index in [1.54, 1.807) is 0 Å². The highest BCUT2D eigenvalue weighted by molar-refractivity contribution is 5.74. The number of urea groups is 1. The number of fused-ring (bicyclic) bond motifs is 3. The number of piperidine rings is 3. The summed E-state index contributed by atoms with van der Waals surface area (Å²) in [6.45, 7) is 6.78. The Bertz CT molecular complexity index is 347. The first-order valence-electron chi connectivity index (χ1n) is 6.84. The van der Waals surface area contributed by atoms with Crippen LogP contribution in [0.15, 0.2) is 0 Å².